The van der Waals surface area contributed by atoms with Crippen molar-refractivity contribution in [2.45, 2.75) is 4.83 Å². The van der Waals surface area contributed by atoms with Crippen LogP contribution in [0.25, 0.3) is 0 Å². The molecule has 0 saturated heterocycles. The molecule has 0 aromatic heterocycles. The van der Waals surface area contributed by atoms with E-state index < -0.39 is 0 Å². The Kier molecular flexibility index (Phi) is 5.90. The molecule has 2 aromatic rings. The Labute approximate surface area is 155 Å². The molecule has 0 spiro atoms. The Balaban J connectivity index is 2.55. The highest BCUT2D eigenvalue weighted by Gasteiger charge is 2.20. The lowest BCUT2D eigenvalue weighted by Crippen LogP contribution is -2.00. The van der Waals surface area contributed by atoms with Gasteiger partial charge in [-0.3, -0.25) is 0 Å². The lowest BCUT2D eigenvalue weighted by Gasteiger charge is -2.17. The van der Waals surface area contributed by atoms with Crippen molar-refractivity contribution >= 4 is 70.4 Å². The van der Waals surface area contributed by atoms with Gasteiger partial charge in [0.15, 0.2) is 0 Å². The van der Waals surface area contributed by atoms with Crippen LogP contribution in [0.4, 0.5) is 4.39 Å². The van der Waals surface area contributed by atoms with Crippen LogP contribution in [0.15, 0.2) is 39.3 Å². The molecule has 0 aliphatic carbocycles. The Morgan fingerprint density at radius 1 is 1.15 bits per heavy atom. The Bertz CT molecular complexity index is 649. The lowest BCUT2D eigenvalue weighted by atomic mass is 10.0. The SMILES string of the molecule is COc1cc(F)c(Br)cc1C(Br)c1cc(Br)ccc1I. The van der Waals surface area contributed by atoms with E-state index in [2.05, 4.69) is 70.4 Å². The molecule has 0 heterocycles. The fourth-order valence-corrected chi connectivity index (χ4v) is 4.35. The summed E-state index contributed by atoms with van der Waals surface area (Å²) in [6.45, 7) is 0. The second kappa shape index (κ2) is 7.07. The third kappa shape index (κ3) is 3.56. The number of methoxy groups -OCH3 is 1. The average molecular weight is 579 g/mol. The van der Waals surface area contributed by atoms with Crippen molar-refractivity contribution in [3.63, 3.8) is 0 Å². The summed E-state index contributed by atoms with van der Waals surface area (Å²) in [4.78, 5) is -0.0845. The van der Waals surface area contributed by atoms with Crippen LogP contribution in [0.5, 0.6) is 5.75 Å². The molecule has 0 bridgehead atoms. The first-order valence-electron chi connectivity index (χ1n) is 5.56. The molecular weight excluding hydrogens is 570 g/mol. The Hall–Kier alpha value is 0.340. The minimum atomic E-state index is -0.339. The summed E-state index contributed by atoms with van der Waals surface area (Å²) in [7, 11) is 1.54. The van der Waals surface area contributed by atoms with Crippen LogP contribution in [-0.2, 0) is 0 Å². The molecule has 106 valence electrons. The summed E-state index contributed by atoms with van der Waals surface area (Å²) in [5, 5.41) is 0. The molecule has 0 radical (unpaired) electrons. The number of rotatable bonds is 3. The van der Waals surface area contributed by atoms with E-state index >= 15 is 0 Å². The zero-order chi connectivity index (χ0) is 14.9. The summed E-state index contributed by atoms with van der Waals surface area (Å²) in [6, 6.07) is 9.18. The summed E-state index contributed by atoms with van der Waals surface area (Å²) in [6.07, 6.45) is 0. The van der Waals surface area contributed by atoms with E-state index in [0.717, 1.165) is 19.2 Å². The summed E-state index contributed by atoms with van der Waals surface area (Å²) < 4.78 is 21.4. The summed E-state index contributed by atoms with van der Waals surface area (Å²) in [5.41, 5.74) is 1.97. The minimum absolute atomic E-state index is 0.0845. The van der Waals surface area contributed by atoms with Crippen molar-refractivity contribution in [3.8, 4) is 5.75 Å². The van der Waals surface area contributed by atoms with E-state index in [9.17, 15) is 4.39 Å². The third-order valence-corrected chi connectivity index (χ3v) is 5.85. The van der Waals surface area contributed by atoms with Gasteiger partial charge in [-0.25, -0.2) is 4.39 Å². The van der Waals surface area contributed by atoms with Gasteiger partial charge < -0.3 is 4.74 Å². The lowest BCUT2D eigenvalue weighted by molar-refractivity contribution is 0.406. The maximum atomic E-state index is 13.6. The molecule has 6 heteroatoms. The van der Waals surface area contributed by atoms with Gasteiger partial charge >= 0.3 is 0 Å². The molecule has 1 atom stereocenters. The highest BCUT2D eigenvalue weighted by Crippen LogP contribution is 2.41. The van der Waals surface area contributed by atoms with E-state index in [1.807, 2.05) is 18.2 Å². The standard InChI is InChI=1S/C14H9Br3FIO/c1-20-13-6-11(18)10(16)5-9(13)14(17)8-4-7(15)2-3-12(8)19/h2-6,14H,1H3. The maximum absolute atomic E-state index is 13.6. The molecule has 20 heavy (non-hydrogen) atoms. The molecule has 0 amide bonds. The van der Waals surface area contributed by atoms with E-state index in [1.165, 1.54) is 13.2 Å². The Morgan fingerprint density at radius 3 is 2.50 bits per heavy atom. The van der Waals surface area contributed by atoms with Gasteiger partial charge in [0.05, 0.1) is 16.4 Å². The van der Waals surface area contributed by atoms with E-state index in [1.54, 1.807) is 6.07 Å². The second-order valence-electron chi connectivity index (χ2n) is 4.04. The van der Waals surface area contributed by atoms with Crippen LogP contribution >= 0.6 is 70.4 Å². The van der Waals surface area contributed by atoms with Gasteiger partial charge in [-0.15, -0.1) is 0 Å². The van der Waals surface area contributed by atoms with Crippen LogP contribution < -0.4 is 4.74 Å². The first-order valence-corrected chi connectivity index (χ1v) is 9.14. The molecule has 0 aliphatic heterocycles. The topological polar surface area (TPSA) is 9.23 Å². The van der Waals surface area contributed by atoms with Gasteiger partial charge in [-0.1, -0.05) is 31.9 Å². The fourth-order valence-electron chi connectivity index (χ4n) is 1.80. The smallest absolute Gasteiger partial charge is 0.141 e. The summed E-state index contributed by atoms with van der Waals surface area (Å²) in [5.74, 6) is 0.178. The average Bonchev–Trinajstić information content (AvgIpc) is 2.43. The molecular formula is C14H9Br3FIO. The highest BCUT2D eigenvalue weighted by atomic mass is 127. The van der Waals surface area contributed by atoms with Crippen molar-refractivity contribution in [3.05, 3.63) is 59.8 Å². The van der Waals surface area contributed by atoms with E-state index in [-0.39, 0.29) is 10.6 Å². The van der Waals surface area contributed by atoms with Crippen molar-refractivity contribution in [1.29, 1.82) is 0 Å². The molecule has 0 N–H and O–H groups in total. The predicted octanol–water partition coefficient (Wildman–Crippen LogP) is 6.45. The molecule has 2 rings (SSSR count). The van der Waals surface area contributed by atoms with Crippen LogP contribution in [0.3, 0.4) is 0 Å². The predicted molar refractivity (Wildman–Crippen MR) is 98.3 cm³/mol. The van der Waals surface area contributed by atoms with Crippen LogP contribution in [0, 0.1) is 9.39 Å². The monoisotopic (exact) mass is 576 g/mol. The molecule has 1 nitrogen and oxygen atoms in total. The van der Waals surface area contributed by atoms with Crippen LogP contribution in [0.1, 0.15) is 16.0 Å². The van der Waals surface area contributed by atoms with Crippen LogP contribution in [0.2, 0.25) is 0 Å². The highest BCUT2D eigenvalue weighted by molar-refractivity contribution is 14.1. The molecule has 2 aromatic carbocycles. The van der Waals surface area contributed by atoms with Crippen molar-refractivity contribution in [2.24, 2.45) is 0 Å². The minimum Gasteiger partial charge on any atom is -0.496 e. The number of ether oxygens (including phenoxy) is 1. The van der Waals surface area contributed by atoms with Gasteiger partial charge in [0.1, 0.15) is 11.6 Å². The first kappa shape index (κ1) is 16.7. The number of halogens is 5. The number of hydrogen-bond donors (Lipinski definition) is 0. The first-order chi connectivity index (χ1) is 9.43. The molecule has 0 aliphatic rings. The van der Waals surface area contributed by atoms with Gasteiger partial charge in [-0.2, -0.15) is 0 Å². The largest absolute Gasteiger partial charge is 0.496 e. The zero-order valence-corrected chi connectivity index (χ0v) is 17.2. The second-order valence-corrected chi connectivity index (χ2v) is 7.88. The molecule has 1 unspecified atom stereocenters. The van der Waals surface area contributed by atoms with Crippen LogP contribution in [-0.4, -0.2) is 7.11 Å². The van der Waals surface area contributed by atoms with Crippen molar-refractivity contribution in [1.82, 2.24) is 0 Å². The van der Waals surface area contributed by atoms with E-state index in [0.29, 0.717) is 10.2 Å². The van der Waals surface area contributed by atoms with Crippen molar-refractivity contribution < 1.29 is 9.13 Å². The normalized spacial score (nSPS) is 12.3. The van der Waals surface area contributed by atoms with E-state index in [4.69, 9.17) is 4.74 Å². The Morgan fingerprint density at radius 2 is 1.85 bits per heavy atom. The fraction of sp³-hybridized carbons (Fsp3) is 0.143. The number of alkyl halides is 1. The maximum Gasteiger partial charge on any atom is 0.141 e. The van der Waals surface area contributed by atoms with Gasteiger partial charge in [0, 0.05) is 19.7 Å². The quantitative estimate of drug-likeness (QED) is 0.301. The third-order valence-electron chi connectivity index (χ3n) is 2.78. The van der Waals surface area contributed by atoms with Crippen molar-refractivity contribution in [2.75, 3.05) is 7.11 Å². The zero-order valence-electron chi connectivity index (χ0n) is 10.3. The van der Waals surface area contributed by atoms with Gasteiger partial charge in [0.25, 0.3) is 0 Å². The van der Waals surface area contributed by atoms with Gasteiger partial charge in [0.2, 0.25) is 0 Å². The number of benzene rings is 2. The molecule has 0 fully saturated rings. The summed E-state index contributed by atoms with van der Waals surface area (Å²) >= 11 is 12.7. The molecule has 0 saturated carbocycles. The van der Waals surface area contributed by atoms with Gasteiger partial charge in [-0.05, 0) is 68.3 Å². The number of hydrogen-bond acceptors (Lipinski definition) is 1.